The molecular weight excluding hydrogens is 386 g/mol. The second kappa shape index (κ2) is 7.41. The van der Waals surface area contributed by atoms with Crippen LogP contribution in [0, 0.1) is 6.92 Å². The smallest absolute Gasteiger partial charge is 0.236 e. The summed E-state index contributed by atoms with van der Waals surface area (Å²) in [5, 5.41) is 6.26. The summed E-state index contributed by atoms with van der Waals surface area (Å²) < 4.78 is 5.50. The number of nitrogens with one attached hydrogen (secondary N) is 2. The molecule has 5 nitrogen and oxygen atoms in total. The number of rotatable bonds is 5. The van der Waals surface area contributed by atoms with E-state index in [1.165, 1.54) is 5.56 Å². The lowest BCUT2D eigenvalue weighted by Gasteiger charge is -2.17. The maximum atomic E-state index is 13.2. The average Bonchev–Trinajstić information content (AvgIpc) is 3.45. The van der Waals surface area contributed by atoms with Gasteiger partial charge in [-0.2, -0.15) is 0 Å². The summed E-state index contributed by atoms with van der Waals surface area (Å²) in [6, 6.07) is 16.5. The minimum Gasteiger partial charge on any atom is -0.471 e. The maximum absolute atomic E-state index is 13.2. The Morgan fingerprint density at radius 3 is 2.74 bits per heavy atom. The predicted octanol–water partition coefficient (Wildman–Crippen LogP) is 5.61. The van der Waals surface area contributed by atoms with Crippen LogP contribution in [0.15, 0.2) is 54.7 Å². The van der Waals surface area contributed by atoms with Gasteiger partial charge in [-0.3, -0.25) is 4.79 Å². The van der Waals surface area contributed by atoms with Crippen LogP contribution in [-0.4, -0.2) is 17.6 Å². The fourth-order valence-electron chi connectivity index (χ4n) is 4.28. The van der Waals surface area contributed by atoms with Crippen LogP contribution < -0.4 is 15.4 Å². The minimum absolute atomic E-state index is 0.00724. The number of nitrogens with zero attached hydrogens (tertiary/aromatic N) is 1. The van der Waals surface area contributed by atoms with Crippen molar-refractivity contribution in [3.05, 3.63) is 71.4 Å². The Balaban J connectivity index is 1.36. The van der Waals surface area contributed by atoms with E-state index in [9.17, 15) is 4.79 Å². The number of hydrogen-bond donors (Lipinski definition) is 2. The lowest BCUT2D eigenvalue weighted by Crippen LogP contribution is -2.28. The van der Waals surface area contributed by atoms with E-state index < -0.39 is 5.41 Å². The van der Waals surface area contributed by atoms with Gasteiger partial charge in [0.2, 0.25) is 5.91 Å². The van der Waals surface area contributed by atoms with Crippen LogP contribution in [0.1, 0.15) is 49.3 Å². The molecule has 2 heterocycles. The molecule has 0 unspecified atom stereocenters. The number of amides is 1. The minimum atomic E-state index is -0.473. The molecular formula is C26H27N3O2. The van der Waals surface area contributed by atoms with Crippen molar-refractivity contribution in [1.82, 2.24) is 4.98 Å². The molecule has 1 amide bonds. The van der Waals surface area contributed by atoms with E-state index >= 15 is 0 Å². The molecule has 1 aromatic heterocycles. The van der Waals surface area contributed by atoms with Gasteiger partial charge in [0.1, 0.15) is 11.6 Å². The molecule has 2 aliphatic rings. The highest BCUT2D eigenvalue weighted by Gasteiger charge is 2.51. The van der Waals surface area contributed by atoms with Crippen LogP contribution in [0.4, 0.5) is 11.5 Å². The molecule has 0 radical (unpaired) electrons. The number of hydrogen-bond acceptors (Lipinski definition) is 4. The van der Waals surface area contributed by atoms with Gasteiger partial charge < -0.3 is 15.4 Å². The Bertz CT molecular complexity index is 1170. The summed E-state index contributed by atoms with van der Waals surface area (Å²) >= 11 is 0. The number of fused-ring (bicyclic) bond motifs is 1. The molecule has 158 valence electrons. The summed E-state index contributed by atoms with van der Waals surface area (Å²) in [5.41, 5.74) is 6.15. The monoisotopic (exact) mass is 413 g/mol. The number of benzene rings is 2. The van der Waals surface area contributed by atoms with Gasteiger partial charge in [-0.15, -0.1) is 0 Å². The Morgan fingerprint density at radius 1 is 1.16 bits per heavy atom. The van der Waals surface area contributed by atoms with Crippen molar-refractivity contribution < 1.29 is 9.53 Å². The summed E-state index contributed by atoms with van der Waals surface area (Å²) in [7, 11) is 0. The molecule has 0 atom stereocenters. The first-order valence-corrected chi connectivity index (χ1v) is 10.9. The summed E-state index contributed by atoms with van der Waals surface area (Å²) in [6.45, 7) is 6.93. The van der Waals surface area contributed by atoms with E-state index in [1.807, 2.05) is 30.5 Å². The first kappa shape index (κ1) is 19.6. The quantitative estimate of drug-likeness (QED) is 0.570. The first-order chi connectivity index (χ1) is 15.0. The molecule has 2 N–H and O–H groups in total. The van der Waals surface area contributed by atoms with E-state index in [4.69, 9.17) is 4.74 Å². The topological polar surface area (TPSA) is 63.2 Å². The van der Waals surface area contributed by atoms with Crippen molar-refractivity contribution in [2.75, 3.05) is 17.4 Å². The Hall–Kier alpha value is -3.34. The number of aryl methyl sites for hydroxylation is 1. The van der Waals surface area contributed by atoms with E-state index in [0.29, 0.717) is 18.5 Å². The predicted molar refractivity (Wildman–Crippen MR) is 124 cm³/mol. The molecule has 1 aliphatic carbocycles. The molecule has 5 rings (SSSR count). The molecule has 1 aliphatic heterocycles. The number of aromatic nitrogens is 1. The molecule has 5 heteroatoms. The third-order valence-electron chi connectivity index (χ3n) is 6.42. The van der Waals surface area contributed by atoms with Gasteiger partial charge in [-0.25, -0.2) is 4.98 Å². The summed E-state index contributed by atoms with van der Waals surface area (Å²) in [5.74, 6) is 1.92. The second-order valence-corrected chi connectivity index (χ2v) is 8.88. The summed E-state index contributed by atoms with van der Waals surface area (Å²) in [4.78, 5) is 17.7. The van der Waals surface area contributed by atoms with Gasteiger partial charge in [-0.05, 0) is 66.1 Å². The maximum Gasteiger partial charge on any atom is 0.236 e. The van der Waals surface area contributed by atoms with Crippen LogP contribution in [0.3, 0.4) is 0 Å². The fourth-order valence-corrected chi connectivity index (χ4v) is 4.28. The van der Waals surface area contributed by atoms with Gasteiger partial charge in [0.05, 0.1) is 11.1 Å². The molecule has 1 fully saturated rings. The Morgan fingerprint density at radius 2 is 2.00 bits per heavy atom. The number of anilines is 2. The van der Waals surface area contributed by atoms with E-state index in [1.54, 1.807) is 0 Å². The molecule has 1 saturated carbocycles. The molecule has 0 bridgehead atoms. The third-order valence-corrected chi connectivity index (χ3v) is 6.42. The second-order valence-electron chi connectivity index (χ2n) is 8.88. The molecule has 0 spiro atoms. The number of ether oxygens (including phenoxy) is 1. The van der Waals surface area contributed by atoms with Gasteiger partial charge in [0.25, 0.3) is 0 Å². The number of carbonyl (C=O) groups excluding carboxylic acids is 1. The molecule has 0 saturated heterocycles. The zero-order valence-corrected chi connectivity index (χ0v) is 18.2. The van der Waals surface area contributed by atoms with Crippen LogP contribution in [0.2, 0.25) is 0 Å². The first-order valence-electron chi connectivity index (χ1n) is 10.9. The van der Waals surface area contributed by atoms with Crippen LogP contribution >= 0.6 is 0 Å². The largest absolute Gasteiger partial charge is 0.471 e. The van der Waals surface area contributed by atoms with Gasteiger partial charge in [0, 0.05) is 11.8 Å². The SMILES string of the molecule is Cc1cc(NC(=O)C2(c3ccc4c(c3)NCO4)CC2)ncc1-c1cccc(C(C)C)c1. The third kappa shape index (κ3) is 3.54. The summed E-state index contributed by atoms with van der Waals surface area (Å²) in [6.07, 6.45) is 3.55. The highest BCUT2D eigenvalue weighted by atomic mass is 16.5. The van der Waals surface area contributed by atoms with Crippen molar-refractivity contribution in [1.29, 1.82) is 0 Å². The molecule has 3 aromatic rings. The molecule has 31 heavy (non-hydrogen) atoms. The van der Waals surface area contributed by atoms with Gasteiger partial charge >= 0.3 is 0 Å². The van der Waals surface area contributed by atoms with Gasteiger partial charge in [0.15, 0.2) is 6.73 Å². The highest BCUT2D eigenvalue weighted by molar-refractivity contribution is 6.01. The standard InChI is InChI=1S/C26H27N3O2/c1-16(2)18-5-4-6-19(12-18)21-14-27-24(11-17(21)3)29-25(30)26(9-10-26)20-7-8-23-22(13-20)28-15-31-23/h4-8,11-14,16,28H,9-10,15H2,1-3H3,(H,27,29,30). The van der Waals surface area contributed by atoms with Crippen molar-refractivity contribution in [3.8, 4) is 16.9 Å². The van der Waals surface area contributed by atoms with Crippen molar-refractivity contribution in [2.24, 2.45) is 0 Å². The zero-order chi connectivity index (χ0) is 21.6. The van der Waals surface area contributed by atoms with E-state index in [2.05, 4.69) is 60.7 Å². The lowest BCUT2D eigenvalue weighted by molar-refractivity contribution is -0.118. The lowest BCUT2D eigenvalue weighted by atomic mass is 9.94. The zero-order valence-electron chi connectivity index (χ0n) is 18.2. The average molecular weight is 414 g/mol. The van der Waals surface area contributed by atoms with Gasteiger partial charge in [-0.1, -0.05) is 44.2 Å². The number of pyridine rings is 1. The van der Waals surface area contributed by atoms with Crippen molar-refractivity contribution in [3.63, 3.8) is 0 Å². The Labute approximate surface area is 182 Å². The molecule has 2 aromatic carbocycles. The van der Waals surface area contributed by atoms with E-state index in [0.717, 1.165) is 46.5 Å². The van der Waals surface area contributed by atoms with Crippen LogP contribution in [0.25, 0.3) is 11.1 Å². The Kier molecular flexibility index (Phi) is 4.69. The van der Waals surface area contributed by atoms with Crippen LogP contribution in [-0.2, 0) is 10.2 Å². The van der Waals surface area contributed by atoms with Crippen molar-refractivity contribution >= 4 is 17.4 Å². The highest BCUT2D eigenvalue weighted by Crippen LogP contribution is 2.50. The fraction of sp³-hybridized carbons (Fsp3) is 0.308. The normalized spacial score (nSPS) is 15.7. The van der Waals surface area contributed by atoms with Crippen molar-refractivity contribution in [2.45, 2.75) is 44.9 Å². The van der Waals surface area contributed by atoms with Crippen LogP contribution in [0.5, 0.6) is 5.75 Å². The number of carbonyl (C=O) groups is 1. The van der Waals surface area contributed by atoms with E-state index in [-0.39, 0.29) is 5.91 Å².